The summed E-state index contributed by atoms with van der Waals surface area (Å²) >= 11 is 0. The normalized spacial score (nSPS) is 45.4. The fourth-order valence-corrected chi connectivity index (χ4v) is 4.66. The van der Waals surface area contributed by atoms with Crippen LogP contribution in [0.2, 0.25) is 0 Å². The summed E-state index contributed by atoms with van der Waals surface area (Å²) in [5.74, 6) is 0.523. The van der Waals surface area contributed by atoms with E-state index in [1.807, 2.05) is 0 Å². The van der Waals surface area contributed by atoms with Gasteiger partial charge in [-0.05, 0) is 37.5 Å². The van der Waals surface area contributed by atoms with Crippen LogP contribution >= 0.6 is 0 Å². The Morgan fingerprint density at radius 1 is 1.40 bits per heavy atom. The smallest absolute Gasteiger partial charge is 0.330 e. The van der Waals surface area contributed by atoms with Crippen molar-refractivity contribution in [2.75, 3.05) is 13.2 Å². The van der Waals surface area contributed by atoms with E-state index in [2.05, 4.69) is 6.58 Å². The number of hydrogen-bond donors (Lipinski definition) is 2. The maximum absolute atomic E-state index is 11.0. The van der Waals surface area contributed by atoms with Gasteiger partial charge in [0.2, 0.25) is 0 Å². The predicted octanol–water partition coefficient (Wildman–Crippen LogP) is 0.643. The van der Waals surface area contributed by atoms with Gasteiger partial charge in [0, 0.05) is 12.0 Å². The van der Waals surface area contributed by atoms with Gasteiger partial charge in [-0.1, -0.05) is 6.58 Å². The standard InChI is InChI=1S/C15H22O5/c1-2-12(17)19-5-6-20-15-4-3-9(8-15)10-7-11(16)14(18)13(10)15/h2,9-11,13-14,16,18H,1,3-8H2. The second kappa shape index (κ2) is 5.13. The molecule has 5 heteroatoms. The molecule has 3 rings (SSSR count). The molecule has 6 unspecified atom stereocenters. The monoisotopic (exact) mass is 282 g/mol. The van der Waals surface area contributed by atoms with Gasteiger partial charge in [0.1, 0.15) is 6.61 Å². The summed E-state index contributed by atoms with van der Waals surface area (Å²) in [6.45, 7) is 3.87. The van der Waals surface area contributed by atoms with E-state index in [-0.39, 0.29) is 18.1 Å². The summed E-state index contributed by atoms with van der Waals surface area (Å²) in [5.41, 5.74) is -0.327. The van der Waals surface area contributed by atoms with Crippen LogP contribution in [0.5, 0.6) is 0 Å². The Labute approximate surface area is 118 Å². The van der Waals surface area contributed by atoms with E-state index in [0.29, 0.717) is 24.9 Å². The largest absolute Gasteiger partial charge is 0.460 e. The summed E-state index contributed by atoms with van der Waals surface area (Å²) in [6.07, 6.45) is 3.51. The lowest BCUT2D eigenvalue weighted by molar-refractivity contribution is -0.148. The van der Waals surface area contributed by atoms with Crippen molar-refractivity contribution in [3.8, 4) is 0 Å². The van der Waals surface area contributed by atoms with Gasteiger partial charge >= 0.3 is 5.97 Å². The molecule has 0 amide bonds. The second-order valence-electron chi connectivity index (χ2n) is 6.27. The molecule has 0 radical (unpaired) electrons. The molecule has 6 atom stereocenters. The summed E-state index contributed by atoms with van der Waals surface area (Å²) < 4.78 is 10.9. The first kappa shape index (κ1) is 14.0. The number of aliphatic hydroxyl groups excluding tert-OH is 2. The number of fused-ring (bicyclic) bond motifs is 5. The maximum Gasteiger partial charge on any atom is 0.330 e. The van der Waals surface area contributed by atoms with Crippen LogP contribution in [-0.4, -0.2) is 47.2 Å². The molecule has 0 aromatic heterocycles. The number of carbonyl (C=O) groups is 1. The van der Waals surface area contributed by atoms with E-state index in [4.69, 9.17) is 9.47 Å². The van der Waals surface area contributed by atoms with Crippen LogP contribution in [0, 0.1) is 17.8 Å². The van der Waals surface area contributed by atoms with Crippen molar-refractivity contribution in [3.05, 3.63) is 12.7 Å². The lowest BCUT2D eigenvalue weighted by Crippen LogP contribution is -2.45. The first-order valence-electron chi connectivity index (χ1n) is 7.37. The molecule has 0 aromatic carbocycles. The second-order valence-corrected chi connectivity index (χ2v) is 6.27. The highest BCUT2D eigenvalue weighted by molar-refractivity contribution is 5.81. The van der Waals surface area contributed by atoms with Gasteiger partial charge < -0.3 is 19.7 Å². The van der Waals surface area contributed by atoms with Gasteiger partial charge in [-0.3, -0.25) is 0 Å². The van der Waals surface area contributed by atoms with E-state index < -0.39 is 18.2 Å². The molecule has 20 heavy (non-hydrogen) atoms. The summed E-state index contributed by atoms with van der Waals surface area (Å²) in [4.78, 5) is 11.0. The average molecular weight is 282 g/mol. The van der Waals surface area contributed by atoms with Crippen molar-refractivity contribution in [3.63, 3.8) is 0 Å². The number of aliphatic hydroxyl groups is 2. The van der Waals surface area contributed by atoms with Crippen LogP contribution in [0.3, 0.4) is 0 Å². The molecule has 112 valence electrons. The zero-order valence-corrected chi connectivity index (χ0v) is 11.5. The maximum atomic E-state index is 11.0. The minimum Gasteiger partial charge on any atom is -0.460 e. The molecule has 3 fully saturated rings. The zero-order chi connectivity index (χ0) is 14.3. The van der Waals surface area contributed by atoms with Crippen LogP contribution in [-0.2, 0) is 14.3 Å². The highest BCUT2D eigenvalue weighted by atomic mass is 16.6. The predicted molar refractivity (Wildman–Crippen MR) is 70.8 cm³/mol. The summed E-state index contributed by atoms with van der Waals surface area (Å²) in [7, 11) is 0. The van der Waals surface area contributed by atoms with Crippen LogP contribution in [0.1, 0.15) is 25.7 Å². The number of hydrogen-bond acceptors (Lipinski definition) is 5. The Morgan fingerprint density at radius 2 is 2.20 bits per heavy atom. The third kappa shape index (κ3) is 2.08. The van der Waals surface area contributed by atoms with Crippen molar-refractivity contribution < 1.29 is 24.5 Å². The Morgan fingerprint density at radius 3 is 2.95 bits per heavy atom. The van der Waals surface area contributed by atoms with Crippen molar-refractivity contribution in [1.29, 1.82) is 0 Å². The molecule has 3 aliphatic rings. The molecule has 0 aromatic rings. The molecule has 0 aliphatic heterocycles. The van der Waals surface area contributed by atoms with Crippen molar-refractivity contribution in [2.45, 2.75) is 43.5 Å². The first-order valence-corrected chi connectivity index (χ1v) is 7.37. The Hall–Kier alpha value is -0.910. The zero-order valence-electron chi connectivity index (χ0n) is 11.5. The molecular formula is C15H22O5. The fourth-order valence-electron chi connectivity index (χ4n) is 4.66. The van der Waals surface area contributed by atoms with Crippen molar-refractivity contribution >= 4 is 5.97 Å². The molecular weight excluding hydrogens is 260 g/mol. The fraction of sp³-hybridized carbons (Fsp3) is 0.800. The molecule has 0 spiro atoms. The van der Waals surface area contributed by atoms with Gasteiger partial charge in [0.05, 0.1) is 24.4 Å². The van der Waals surface area contributed by atoms with Crippen molar-refractivity contribution in [2.24, 2.45) is 17.8 Å². The highest BCUT2D eigenvalue weighted by Crippen LogP contribution is 2.62. The molecule has 0 heterocycles. The topological polar surface area (TPSA) is 76.0 Å². The van der Waals surface area contributed by atoms with Gasteiger partial charge in [-0.25, -0.2) is 4.79 Å². The van der Waals surface area contributed by atoms with Gasteiger partial charge in [0.15, 0.2) is 0 Å². The average Bonchev–Trinajstić information content (AvgIpc) is 3.07. The SMILES string of the molecule is C=CC(=O)OCCOC12CCC(C1)C1CC(O)C(O)C12. The summed E-state index contributed by atoms with van der Waals surface area (Å²) in [5, 5.41) is 20.1. The van der Waals surface area contributed by atoms with E-state index in [1.165, 1.54) is 0 Å². The Balaban J connectivity index is 1.60. The lowest BCUT2D eigenvalue weighted by Gasteiger charge is -2.37. The van der Waals surface area contributed by atoms with Crippen LogP contribution in [0.15, 0.2) is 12.7 Å². The third-order valence-electron chi connectivity index (χ3n) is 5.38. The summed E-state index contributed by atoms with van der Waals surface area (Å²) in [6, 6.07) is 0. The number of esters is 1. The van der Waals surface area contributed by atoms with Gasteiger partial charge in [-0.15, -0.1) is 0 Å². The number of carbonyl (C=O) groups excluding carboxylic acids is 1. The molecule has 3 saturated carbocycles. The molecule has 2 N–H and O–H groups in total. The lowest BCUT2D eigenvalue weighted by atomic mass is 9.78. The Bertz CT molecular complexity index is 409. The van der Waals surface area contributed by atoms with Crippen LogP contribution in [0.25, 0.3) is 0 Å². The van der Waals surface area contributed by atoms with Crippen molar-refractivity contribution in [1.82, 2.24) is 0 Å². The molecule has 0 saturated heterocycles. The molecule has 5 nitrogen and oxygen atoms in total. The number of rotatable bonds is 5. The Kier molecular flexibility index (Phi) is 3.60. The van der Waals surface area contributed by atoms with Crippen LogP contribution < -0.4 is 0 Å². The number of ether oxygens (including phenoxy) is 2. The molecule has 2 bridgehead atoms. The van der Waals surface area contributed by atoms with E-state index in [1.54, 1.807) is 0 Å². The van der Waals surface area contributed by atoms with Crippen LogP contribution in [0.4, 0.5) is 0 Å². The molecule has 3 aliphatic carbocycles. The van der Waals surface area contributed by atoms with E-state index in [0.717, 1.165) is 25.3 Å². The third-order valence-corrected chi connectivity index (χ3v) is 5.38. The van der Waals surface area contributed by atoms with E-state index in [9.17, 15) is 15.0 Å². The quantitative estimate of drug-likeness (QED) is 0.440. The minimum absolute atomic E-state index is 0.0337. The minimum atomic E-state index is -0.680. The highest BCUT2D eigenvalue weighted by Gasteiger charge is 2.64. The van der Waals surface area contributed by atoms with E-state index >= 15 is 0 Å². The van der Waals surface area contributed by atoms with Gasteiger partial charge in [0.25, 0.3) is 0 Å². The van der Waals surface area contributed by atoms with Gasteiger partial charge in [-0.2, -0.15) is 0 Å². The first-order chi connectivity index (χ1) is 9.57.